The molecular weight excluding hydrogens is 244 g/mol. The van der Waals surface area contributed by atoms with E-state index in [4.69, 9.17) is 10.5 Å². The highest BCUT2D eigenvalue weighted by Gasteiger charge is 2.25. The Kier molecular flexibility index (Phi) is 5.18. The van der Waals surface area contributed by atoms with E-state index < -0.39 is 0 Å². The summed E-state index contributed by atoms with van der Waals surface area (Å²) in [7, 11) is 2.18. The molecule has 1 aromatic heterocycles. The smallest absolute Gasteiger partial charge is 0.0588 e. The molecule has 0 aliphatic carbocycles. The molecule has 0 spiro atoms. The number of thiophene rings is 1. The van der Waals surface area contributed by atoms with E-state index in [0.717, 1.165) is 19.8 Å². The van der Waals surface area contributed by atoms with Gasteiger partial charge >= 0.3 is 0 Å². The molecule has 3 nitrogen and oxygen atoms in total. The molecule has 1 saturated heterocycles. The molecule has 0 amide bonds. The predicted molar refractivity (Wildman–Crippen MR) is 76.9 cm³/mol. The molecule has 2 N–H and O–H groups in total. The van der Waals surface area contributed by atoms with Gasteiger partial charge in [0, 0.05) is 24.1 Å². The normalized spacial score (nSPS) is 24.1. The fraction of sp³-hybridized carbons (Fsp3) is 0.714. The van der Waals surface area contributed by atoms with Crippen LogP contribution in [0.2, 0.25) is 0 Å². The van der Waals surface area contributed by atoms with E-state index >= 15 is 0 Å². The van der Waals surface area contributed by atoms with Gasteiger partial charge in [0.1, 0.15) is 0 Å². The van der Waals surface area contributed by atoms with Crippen molar-refractivity contribution in [2.24, 2.45) is 11.7 Å². The summed E-state index contributed by atoms with van der Waals surface area (Å²) in [6, 6.07) is 4.77. The topological polar surface area (TPSA) is 38.5 Å². The number of hydrogen-bond donors (Lipinski definition) is 1. The summed E-state index contributed by atoms with van der Waals surface area (Å²) < 4.78 is 5.56. The van der Waals surface area contributed by atoms with Crippen LogP contribution in [0.15, 0.2) is 17.5 Å². The molecule has 0 bridgehead atoms. The lowest BCUT2D eigenvalue weighted by Gasteiger charge is -2.34. The van der Waals surface area contributed by atoms with Crippen LogP contribution in [0.1, 0.15) is 30.7 Å². The second kappa shape index (κ2) is 6.66. The van der Waals surface area contributed by atoms with Crippen LogP contribution in [0, 0.1) is 5.92 Å². The van der Waals surface area contributed by atoms with Crippen molar-refractivity contribution in [1.82, 2.24) is 4.90 Å². The van der Waals surface area contributed by atoms with Crippen LogP contribution in [0.25, 0.3) is 0 Å². The minimum atomic E-state index is 0.151. The molecule has 0 radical (unpaired) electrons. The van der Waals surface area contributed by atoms with Crippen LogP contribution < -0.4 is 5.73 Å². The summed E-state index contributed by atoms with van der Waals surface area (Å²) in [5.74, 6) is 0.657. The number of ether oxygens (including phenoxy) is 1. The number of hydrogen-bond acceptors (Lipinski definition) is 4. The van der Waals surface area contributed by atoms with E-state index in [-0.39, 0.29) is 6.04 Å². The van der Waals surface area contributed by atoms with Gasteiger partial charge in [-0.05, 0) is 44.2 Å². The molecule has 3 unspecified atom stereocenters. The maximum atomic E-state index is 6.17. The predicted octanol–water partition coefficient (Wildman–Crippen LogP) is 2.49. The molecule has 0 saturated carbocycles. The fourth-order valence-electron chi connectivity index (χ4n) is 2.81. The second-order valence-electron chi connectivity index (χ2n) is 5.34. The molecule has 102 valence electrons. The van der Waals surface area contributed by atoms with Crippen LogP contribution in [0.3, 0.4) is 0 Å². The zero-order valence-electron chi connectivity index (χ0n) is 11.3. The third kappa shape index (κ3) is 3.54. The Balaban J connectivity index is 1.97. The third-order valence-electron chi connectivity index (χ3n) is 3.61. The zero-order chi connectivity index (χ0) is 13.0. The van der Waals surface area contributed by atoms with Gasteiger partial charge in [-0.15, -0.1) is 11.3 Å². The van der Waals surface area contributed by atoms with Crippen molar-refractivity contribution in [2.45, 2.75) is 31.8 Å². The quantitative estimate of drug-likeness (QED) is 0.891. The number of nitrogens with two attached hydrogens (primary N) is 1. The van der Waals surface area contributed by atoms with Gasteiger partial charge in [0.15, 0.2) is 0 Å². The molecule has 1 aromatic rings. The van der Waals surface area contributed by atoms with Crippen molar-refractivity contribution < 1.29 is 4.74 Å². The summed E-state index contributed by atoms with van der Waals surface area (Å²) in [6.45, 7) is 5.00. The summed E-state index contributed by atoms with van der Waals surface area (Å²) in [6.07, 6.45) is 2.47. The van der Waals surface area contributed by atoms with Gasteiger partial charge in [0.05, 0.1) is 12.6 Å². The summed E-state index contributed by atoms with van der Waals surface area (Å²) in [4.78, 5) is 3.76. The molecule has 1 fully saturated rings. The van der Waals surface area contributed by atoms with E-state index in [2.05, 4.69) is 36.4 Å². The van der Waals surface area contributed by atoms with Gasteiger partial charge in [-0.25, -0.2) is 0 Å². The Morgan fingerprint density at radius 1 is 1.61 bits per heavy atom. The first-order chi connectivity index (χ1) is 8.68. The first kappa shape index (κ1) is 14.0. The molecule has 0 aromatic carbocycles. The van der Waals surface area contributed by atoms with E-state index in [9.17, 15) is 0 Å². The van der Waals surface area contributed by atoms with Crippen LogP contribution in [-0.4, -0.2) is 37.7 Å². The second-order valence-corrected chi connectivity index (χ2v) is 6.32. The van der Waals surface area contributed by atoms with Crippen molar-refractivity contribution in [3.63, 3.8) is 0 Å². The summed E-state index contributed by atoms with van der Waals surface area (Å²) in [5.41, 5.74) is 6.17. The number of rotatable bonds is 5. The van der Waals surface area contributed by atoms with E-state index in [1.54, 1.807) is 11.3 Å². The fourth-order valence-corrected chi connectivity index (χ4v) is 3.81. The summed E-state index contributed by atoms with van der Waals surface area (Å²) >= 11 is 1.80. The molecule has 2 rings (SSSR count). The van der Waals surface area contributed by atoms with E-state index in [0.29, 0.717) is 12.0 Å². The Hall–Kier alpha value is -0.420. The molecule has 18 heavy (non-hydrogen) atoms. The van der Waals surface area contributed by atoms with Gasteiger partial charge in [-0.2, -0.15) is 0 Å². The first-order valence-corrected chi connectivity index (χ1v) is 7.63. The van der Waals surface area contributed by atoms with Gasteiger partial charge in [0.25, 0.3) is 0 Å². The number of nitrogens with zero attached hydrogens (tertiary/aromatic N) is 1. The largest absolute Gasteiger partial charge is 0.381 e. The highest BCUT2D eigenvalue weighted by Crippen LogP contribution is 2.28. The average molecular weight is 268 g/mol. The average Bonchev–Trinajstić information content (AvgIpc) is 2.83. The van der Waals surface area contributed by atoms with Crippen molar-refractivity contribution >= 4 is 11.3 Å². The van der Waals surface area contributed by atoms with Gasteiger partial charge in [0.2, 0.25) is 0 Å². The van der Waals surface area contributed by atoms with Crippen molar-refractivity contribution in [3.05, 3.63) is 22.4 Å². The molecule has 2 heterocycles. The van der Waals surface area contributed by atoms with Crippen molar-refractivity contribution in [3.8, 4) is 0 Å². The van der Waals surface area contributed by atoms with Gasteiger partial charge in [-0.1, -0.05) is 6.07 Å². The minimum absolute atomic E-state index is 0.151. The van der Waals surface area contributed by atoms with Crippen LogP contribution in [0.5, 0.6) is 0 Å². The van der Waals surface area contributed by atoms with Crippen LogP contribution >= 0.6 is 11.3 Å². The third-order valence-corrected chi connectivity index (χ3v) is 4.55. The summed E-state index contributed by atoms with van der Waals surface area (Å²) in [5, 5.41) is 2.13. The monoisotopic (exact) mass is 268 g/mol. The standard InChI is InChI=1S/C14H24N2OS/c1-11(15)14(13-6-4-8-18-13)16(2)9-12-5-3-7-17-10-12/h4,6,8,11-12,14H,3,5,7,9-10,15H2,1-2H3. The Bertz CT molecular complexity index is 334. The molecular formula is C14H24N2OS. The Morgan fingerprint density at radius 2 is 2.44 bits per heavy atom. The van der Waals surface area contributed by atoms with E-state index in [1.807, 2.05) is 0 Å². The minimum Gasteiger partial charge on any atom is -0.381 e. The maximum Gasteiger partial charge on any atom is 0.0588 e. The van der Waals surface area contributed by atoms with E-state index in [1.165, 1.54) is 17.7 Å². The lowest BCUT2D eigenvalue weighted by molar-refractivity contribution is 0.0347. The first-order valence-electron chi connectivity index (χ1n) is 6.75. The molecule has 1 aliphatic heterocycles. The SMILES string of the molecule is CC(N)C(c1cccs1)N(C)CC1CCCOC1. The van der Waals surface area contributed by atoms with Gasteiger partial charge in [-0.3, -0.25) is 4.90 Å². The number of likely N-dealkylation sites (N-methyl/N-ethyl adjacent to an activating group) is 1. The Morgan fingerprint density at radius 3 is 3.00 bits per heavy atom. The lowest BCUT2D eigenvalue weighted by atomic mass is 9.99. The van der Waals surface area contributed by atoms with Crippen molar-refractivity contribution in [2.75, 3.05) is 26.8 Å². The van der Waals surface area contributed by atoms with Crippen LogP contribution in [0.4, 0.5) is 0 Å². The highest BCUT2D eigenvalue weighted by atomic mass is 32.1. The molecule has 1 aliphatic rings. The van der Waals surface area contributed by atoms with Crippen LogP contribution in [-0.2, 0) is 4.74 Å². The molecule has 3 atom stereocenters. The van der Waals surface area contributed by atoms with Crippen molar-refractivity contribution in [1.29, 1.82) is 0 Å². The lowest BCUT2D eigenvalue weighted by Crippen LogP contribution is -2.40. The van der Waals surface area contributed by atoms with Gasteiger partial charge < -0.3 is 10.5 Å². The Labute approximate surface area is 114 Å². The molecule has 4 heteroatoms. The zero-order valence-corrected chi connectivity index (χ0v) is 12.2. The maximum absolute atomic E-state index is 6.17. The highest BCUT2D eigenvalue weighted by molar-refractivity contribution is 7.10.